The third kappa shape index (κ3) is 2.87. The van der Waals surface area contributed by atoms with E-state index in [9.17, 15) is 0 Å². The standard InChI is InChI=1S/C13H16ClN3S/c1-10(8-9-18-2)17-12(15-16-13(17)14)11-6-4-3-5-7-11/h3-7,10H,8-9H2,1-2H3. The lowest BCUT2D eigenvalue weighted by molar-refractivity contribution is 0.539. The summed E-state index contributed by atoms with van der Waals surface area (Å²) in [7, 11) is 0. The van der Waals surface area contributed by atoms with Crippen molar-refractivity contribution in [3.05, 3.63) is 35.6 Å². The minimum absolute atomic E-state index is 0.301. The predicted molar refractivity (Wildman–Crippen MR) is 78.2 cm³/mol. The van der Waals surface area contributed by atoms with Gasteiger partial charge in [0.05, 0.1) is 0 Å². The van der Waals surface area contributed by atoms with Gasteiger partial charge in [-0.25, -0.2) is 0 Å². The molecule has 0 aliphatic heterocycles. The second-order valence-electron chi connectivity index (χ2n) is 4.16. The van der Waals surface area contributed by atoms with Crippen molar-refractivity contribution < 1.29 is 0 Å². The summed E-state index contributed by atoms with van der Waals surface area (Å²) in [6, 6.07) is 10.3. The van der Waals surface area contributed by atoms with Crippen molar-refractivity contribution in [1.29, 1.82) is 0 Å². The molecule has 18 heavy (non-hydrogen) atoms. The van der Waals surface area contributed by atoms with Crippen molar-refractivity contribution in [1.82, 2.24) is 14.8 Å². The van der Waals surface area contributed by atoms with E-state index in [2.05, 4.69) is 23.4 Å². The fraction of sp³-hybridized carbons (Fsp3) is 0.385. The van der Waals surface area contributed by atoms with Crippen molar-refractivity contribution in [2.75, 3.05) is 12.0 Å². The first-order valence-electron chi connectivity index (χ1n) is 5.88. The van der Waals surface area contributed by atoms with E-state index in [1.807, 2.05) is 46.7 Å². The van der Waals surface area contributed by atoms with Gasteiger partial charge in [-0.15, -0.1) is 10.2 Å². The normalized spacial score (nSPS) is 12.6. The minimum Gasteiger partial charge on any atom is -0.295 e. The molecule has 5 heteroatoms. The largest absolute Gasteiger partial charge is 0.295 e. The second-order valence-corrected chi connectivity index (χ2v) is 5.48. The van der Waals surface area contributed by atoms with Crippen molar-refractivity contribution >= 4 is 23.4 Å². The van der Waals surface area contributed by atoms with Crippen LogP contribution >= 0.6 is 23.4 Å². The van der Waals surface area contributed by atoms with Crippen LogP contribution in [-0.4, -0.2) is 26.8 Å². The van der Waals surface area contributed by atoms with E-state index in [0.717, 1.165) is 23.6 Å². The Morgan fingerprint density at radius 3 is 2.67 bits per heavy atom. The molecule has 0 aliphatic carbocycles. The van der Waals surface area contributed by atoms with E-state index in [4.69, 9.17) is 11.6 Å². The SMILES string of the molecule is CSCCC(C)n1c(Cl)nnc1-c1ccccc1. The highest BCUT2D eigenvalue weighted by atomic mass is 35.5. The highest BCUT2D eigenvalue weighted by Crippen LogP contribution is 2.26. The summed E-state index contributed by atoms with van der Waals surface area (Å²) < 4.78 is 2.01. The van der Waals surface area contributed by atoms with E-state index in [1.54, 1.807) is 0 Å². The van der Waals surface area contributed by atoms with Gasteiger partial charge in [-0.1, -0.05) is 30.3 Å². The van der Waals surface area contributed by atoms with Gasteiger partial charge in [-0.2, -0.15) is 11.8 Å². The molecular formula is C13H16ClN3S. The molecule has 1 heterocycles. The van der Waals surface area contributed by atoms with E-state index in [1.165, 1.54) is 0 Å². The Bertz CT molecular complexity index is 498. The van der Waals surface area contributed by atoms with Crippen LogP contribution in [0.25, 0.3) is 11.4 Å². The molecule has 0 saturated carbocycles. The number of halogens is 1. The van der Waals surface area contributed by atoms with Crippen LogP contribution in [0.4, 0.5) is 0 Å². The smallest absolute Gasteiger partial charge is 0.225 e. The molecule has 1 aromatic heterocycles. The predicted octanol–water partition coefficient (Wildman–Crippen LogP) is 3.91. The fourth-order valence-electron chi connectivity index (χ4n) is 1.86. The summed E-state index contributed by atoms with van der Waals surface area (Å²) in [6.45, 7) is 2.15. The highest BCUT2D eigenvalue weighted by molar-refractivity contribution is 7.98. The average molecular weight is 282 g/mol. The molecule has 0 saturated heterocycles. The van der Waals surface area contributed by atoms with E-state index in [-0.39, 0.29) is 0 Å². The van der Waals surface area contributed by atoms with Crippen molar-refractivity contribution in [3.8, 4) is 11.4 Å². The summed E-state index contributed by atoms with van der Waals surface area (Å²) in [6.07, 6.45) is 3.16. The van der Waals surface area contributed by atoms with Gasteiger partial charge in [0.2, 0.25) is 5.28 Å². The van der Waals surface area contributed by atoms with Crippen molar-refractivity contribution in [3.63, 3.8) is 0 Å². The number of rotatable bonds is 5. The first-order chi connectivity index (χ1) is 8.74. The summed E-state index contributed by atoms with van der Waals surface area (Å²) in [5.41, 5.74) is 1.05. The van der Waals surface area contributed by atoms with Gasteiger partial charge in [-0.05, 0) is 37.0 Å². The van der Waals surface area contributed by atoms with Gasteiger partial charge >= 0.3 is 0 Å². The molecule has 1 aromatic carbocycles. The molecule has 1 unspecified atom stereocenters. The van der Waals surface area contributed by atoms with Gasteiger partial charge in [0, 0.05) is 11.6 Å². The van der Waals surface area contributed by atoms with E-state index < -0.39 is 0 Å². The number of nitrogens with zero attached hydrogens (tertiary/aromatic N) is 3. The zero-order chi connectivity index (χ0) is 13.0. The van der Waals surface area contributed by atoms with Crippen LogP contribution in [0.3, 0.4) is 0 Å². The Kier molecular flexibility index (Phi) is 4.66. The third-order valence-corrected chi connectivity index (χ3v) is 3.77. The number of aromatic nitrogens is 3. The number of hydrogen-bond donors (Lipinski definition) is 0. The lowest BCUT2D eigenvalue weighted by Crippen LogP contribution is -2.08. The fourth-order valence-corrected chi connectivity index (χ4v) is 2.73. The molecule has 0 bridgehead atoms. The van der Waals surface area contributed by atoms with Crippen LogP contribution in [0, 0.1) is 0 Å². The molecule has 3 nitrogen and oxygen atoms in total. The molecule has 96 valence electrons. The van der Waals surface area contributed by atoms with Crippen molar-refractivity contribution in [2.45, 2.75) is 19.4 Å². The lowest BCUT2D eigenvalue weighted by atomic mass is 10.2. The van der Waals surface area contributed by atoms with Crippen LogP contribution in [0.15, 0.2) is 30.3 Å². The molecule has 2 aromatic rings. The zero-order valence-electron chi connectivity index (χ0n) is 10.5. The van der Waals surface area contributed by atoms with E-state index in [0.29, 0.717) is 11.3 Å². The quantitative estimate of drug-likeness (QED) is 0.832. The maximum atomic E-state index is 6.15. The lowest BCUT2D eigenvalue weighted by Gasteiger charge is -2.15. The Balaban J connectivity index is 2.33. The van der Waals surface area contributed by atoms with Crippen molar-refractivity contribution in [2.24, 2.45) is 0 Å². The highest BCUT2D eigenvalue weighted by Gasteiger charge is 2.16. The summed E-state index contributed by atoms with van der Waals surface area (Å²) in [5, 5.41) is 8.64. The Morgan fingerprint density at radius 1 is 1.28 bits per heavy atom. The van der Waals surface area contributed by atoms with Gasteiger partial charge in [-0.3, -0.25) is 4.57 Å². The monoisotopic (exact) mass is 281 g/mol. The molecule has 0 spiro atoms. The maximum absolute atomic E-state index is 6.15. The number of benzene rings is 1. The molecule has 0 amide bonds. The average Bonchev–Trinajstić information content (AvgIpc) is 2.79. The van der Waals surface area contributed by atoms with E-state index >= 15 is 0 Å². The first kappa shape index (κ1) is 13.4. The van der Waals surface area contributed by atoms with Gasteiger partial charge in [0.15, 0.2) is 5.82 Å². The first-order valence-corrected chi connectivity index (χ1v) is 7.66. The molecule has 0 fully saturated rings. The van der Waals surface area contributed by atoms with Crippen LogP contribution in [-0.2, 0) is 0 Å². The summed E-state index contributed by atoms with van der Waals surface area (Å²) >= 11 is 7.99. The molecular weight excluding hydrogens is 266 g/mol. The topological polar surface area (TPSA) is 30.7 Å². The number of thioether (sulfide) groups is 1. The van der Waals surface area contributed by atoms with Gasteiger partial charge in [0.1, 0.15) is 0 Å². The third-order valence-electron chi connectivity index (χ3n) is 2.87. The maximum Gasteiger partial charge on any atom is 0.225 e. The molecule has 2 rings (SSSR count). The van der Waals surface area contributed by atoms with Crippen LogP contribution in [0.1, 0.15) is 19.4 Å². The minimum atomic E-state index is 0.301. The Hall–Kier alpha value is -1.00. The summed E-state index contributed by atoms with van der Waals surface area (Å²) in [4.78, 5) is 0. The molecule has 0 N–H and O–H groups in total. The Labute approximate surface area is 117 Å². The second kappa shape index (κ2) is 6.25. The van der Waals surface area contributed by atoms with Crippen LogP contribution < -0.4 is 0 Å². The number of hydrogen-bond acceptors (Lipinski definition) is 3. The van der Waals surface area contributed by atoms with Gasteiger partial charge < -0.3 is 0 Å². The molecule has 0 radical (unpaired) electrons. The summed E-state index contributed by atoms with van der Waals surface area (Å²) in [5.74, 6) is 1.94. The van der Waals surface area contributed by atoms with Crippen LogP contribution in [0.5, 0.6) is 0 Å². The zero-order valence-corrected chi connectivity index (χ0v) is 12.1. The van der Waals surface area contributed by atoms with Crippen LogP contribution in [0.2, 0.25) is 5.28 Å². The molecule has 0 aliphatic rings. The van der Waals surface area contributed by atoms with Gasteiger partial charge in [0.25, 0.3) is 0 Å². The Morgan fingerprint density at radius 2 is 2.00 bits per heavy atom. The molecule has 1 atom stereocenters.